The van der Waals surface area contributed by atoms with Crippen LogP contribution in [0.1, 0.15) is 37.8 Å². The largest absolute Gasteiger partial charge is 0.354 e. The molecule has 1 aromatic heterocycles. The third kappa shape index (κ3) is 2.81. The second kappa shape index (κ2) is 6.55. The van der Waals surface area contributed by atoms with Crippen LogP contribution in [0.5, 0.6) is 0 Å². The van der Waals surface area contributed by atoms with Crippen molar-refractivity contribution in [1.82, 2.24) is 15.2 Å². The summed E-state index contributed by atoms with van der Waals surface area (Å²) < 4.78 is 0. The molecular weight excluding hydrogens is 248 g/mol. The molecule has 0 aromatic carbocycles. The number of rotatable bonds is 4. The summed E-state index contributed by atoms with van der Waals surface area (Å²) in [4.78, 5) is 9.81. The summed E-state index contributed by atoms with van der Waals surface area (Å²) in [6.45, 7) is 9.01. The van der Waals surface area contributed by atoms with Crippen molar-refractivity contribution >= 4 is 5.82 Å². The highest BCUT2D eigenvalue weighted by Gasteiger charge is 2.29. The Morgan fingerprint density at radius 3 is 2.95 bits per heavy atom. The molecule has 2 saturated heterocycles. The lowest BCUT2D eigenvalue weighted by atomic mass is 10.0. The van der Waals surface area contributed by atoms with Crippen LogP contribution in [-0.4, -0.2) is 49.2 Å². The van der Waals surface area contributed by atoms with E-state index in [2.05, 4.69) is 34.2 Å². The number of likely N-dealkylation sites (tertiary alicyclic amines) is 1. The quantitative estimate of drug-likeness (QED) is 0.910. The fourth-order valence-corrected chi connectivity index (χ4v) is 3.54. The molecule has 2 aliphatic heterocycles. The average molecular weight is 274 g/mol. The van der Waals surface area contributed by atoms with Crippen LogP contribution in [0.25, 0.3) is 0 Å². The van der Waals surface area contributed by atoms with Gasteiger partial charge >= 0.3 is 0 Å². The van der Waals surface area contributed by atoms with Gasteiger partial charge < -0.3 is 10.2 Å². The number of pyridine rings is 1. The zero-order valence-electron chi connectivity index (χ0n) is 12.5. The topological polar surface area (TPSA) is 31.4 Å². The second-order valence-corrected chi connectivity index (χ2v) is 5.85. The highest BCUT2D eigenvalue weighted by molar-refractivity contribution is 5.49. The van der Waals surface area contributed by atoms with Crippen molar-refractivity contribution in [2.75, 3.05) is 44.2 Å². The van der Waals surface area contributed by atoms with E-state index in [1.165, 1.54) is 43.7 Å². The molecule has 4 heteroatoms. The minimum absolute atomic E-state index is 0.577. The molecule has 0 saturated carbocycles. The standard InChI is InChI=1S/C16H26N4/c1-2-10-19-11-4-6-15(19)14-5-3-7-18-16(14)20-12-8-17-9-13-20/h3,5,7,15,17H,2,4,6,8-13H2,1H3/t15-/m1/s1. The van der Waals surface area contributed by atoms with Gasteiger partial charge in [0.15, 0.2) is 0 Å². The number of nitrogens with zero attached hydrogens (tertiary/aromatic N) is 3. The van der Waals surface area contributed by atoms with Crippen LogP contribution in [0.15, 0.2) is 18.3 Å². The Hall–Kier alpha value is -1.13. The maximum atomic E-state index is 4.71. The summed E-state index contributed by atoms with van der Waals surface area (Å²) in [5.74, 6) is 1.22. The molecule has 3 rings (SSSR count). The molecule has 1 aromatic rings. The molecule has 0 bridgehead atoms. The van der Waals surface area contributed by atoms with Crippen molar-refractivity contribution < 1.29 is 0 Å². The molecule has 20 heavy (non-hydrogen) atoms. The van der Waals surface area contributed by atoms with E-state index in [0.29, 0.717) is 6.04 Å². The van der Waals surface area contributed by atoms with Gasteiger partial charge in [0.2, 0.25) is 0 Å². The zero-order valence-corrected chi connectivity index (χ0v) is 12.5. The number of piperazine rings is 1. The van der Waals surface area contributed by atoms with E-state index in [9.17, 15) is 0 Å². The first kappa shape index (κ1) is 13.8. The van der Waals surface area contributed by atoms with Gasteiger partial charge in [-0.25, -0.2) is 4.98 Å². The molecule has 0 aliphatic carbocycles. The lowest BCUT2D eigenvalue weighted by Crippen LogP contribution is -2.44. The fourth-order valence-electron chi connectivity index (χ4n) is 3.54. The molecule has 0 amide bonds. The lowest BCUT2D eigenvalue weighted by Gasteiger charge is -2.33. The molecular formula is C16H26N4. The van der Waals surface area contributed by atoms with Crippen molar-refractivity contribution in [3.05, 3.63) is 23.9 Å². The van der Waals surface area contributed by atoms with Crippen molar-refractivity contribution in [3.63, 3.8) is 0 Å². The van der Waals surface area contributed by atoms with E-state index >= 15 is 0 Å². The van der Waals surface area contributed by atoms with Crippen molar-refractivity contribution in [2.45, 2.75) is 32.2 Å². The Kier molecular flexibility index (Phi) is 4.53. The van der Waals surface area contributed by atoms with E-state index < -0.39 is 0 Å². The molecule has 1 N–H and O–H groups in total. The molecule has 0 spiro atoms. The monoisotopic (exact) mass is 274 g/mol. The first-order valence-electron chi connectivity index (χ1n) is 8.05. The molecule has 0 unspecified atom stereocenters. The number of aromatic nitrogens is 1. The van der Waals surface area contributed by atoms with Crippen molar-refractivity contribution in [1.29, 1.82) is 0 Å². The maximum absolute atomic E-state index is 4.71. The average Bonchev–Trinajstić information content (AvgIpc) is 2.97. The minimum Gasteiger partial charge on any atom is -0.354 e. The molecule has 2 aliphatic rings. The maximum Gasteiger partial charge on any atom is 0.133 e. The number of nitrogens with one attached hydrogen (secondary N) is 1. The zero-order chi connectivity index (χ0) is 13.8. The fraction of sp³-hybridized carbons (Fsp3) is 0.688. The summed E-state index contributed by atoms with van der Waals surface area (Å²) in [5.41, 5.74) is 1.44. The first-order chi connectivity index (χ1) is 9.90. The summed E-state index contributed by atoms with van der Waals surface area (Å²) in [5, 5.41) is 3.42. The normalized spacial score (nSPS) is 24.2. The Morgan fingerprint density at radius 1 is 1.30 bits per heavy atom. The van der Waals surface area contributed by atoms with Crippen LogP contribution in [0.3, 0.4) is 0 Å². The van der Waals surface area contributed by atoms with Crippen LogP contribution in [0.2, 0.25) is 0 Å². The van der Waals surface area contributed by atoms with Gasteiger partial charge in [-0.2, -0.15) is 0 Å². The lowest BCUT2D eigenvalue weighted by molar-refractivity contribution is 0.257. The first-order valence-corrected chi connectivity index (χ1v) is 8.05. The van der Waals surface area contributed by atoms with E-state index in [-0.39, 0.29) is 0 Å². The van der Waals surface area contributed by atoms with Gasteiger partial charge in [0.25, 0.3) is 0 Å². The van der Waals surface area contributed by atoms with Gasteiger partial charge in [-0.1, -0.05) is 13.0 Å². The predicted molar refractivity (Wildman–Crippen MR) is 83.2 cm³/mol. The van der Waals surface area contributed by atoms with E-state index in [4.69, 9.17) is 4.98 Å². The summed E-state index contributed by atoms with van der Waals surface area (Å²) in [7, 11) is 0. The highest BCUT2D eigenvalue weighted by Crippen LogP contribution is 2.36. The van der Waals surface area contributed by atoms with E-state index in [1.807, 2.05) is 6.20 Å². The molecule has 3 heterocycles. The van der Waals surface area contributed by atoms with Crippen LogP contribution < -0.4 is 10.2 Å². The predicted octanol–water partition coefficient (Wildman–Crippen LogP) is 2.04. The van der Waals surface area contributed by atoms with Gasteiger partial charge in [0, 0.05) is 44.0 Å². The Bertz CT molecular complexity index is 428. The van der Waals surface area contributed by atoms with Gasteiger partial charge in [-0.15, -0.1) is 0 Å². The Balaban J connectivity index is 1.85. The van der Waals surface area contributed by atoms with E-state index in [1.54, 1.807) is 0 Å². The summed E-state index contributed by atoms with van der Waals surface area (Å²) >= 11 is 0. The second-order valence-electron chi connectivity index (χ2n) is 5.85. The van der Waals surface area contributed by atoms with Crippen molar-refractivity contribution in [2.24, 2.45) is 0 Å². The third-order valence-corrected chi connectivity index (χ3v) is 4.47. The molecule has 4 nitrogen and oxygen atoms in total. The molecule has 2 fully saturated rings. The van der Waals surface area contributed by atoms with Gasteiger partial charge in [-0.3, -0.25) is 4.90 Å². The SMILES string of the molecule is CCCN1CCC[C@@H]1c1cccnc1N1CCNCC1. The Labute approximate surface area is 122 Å². The van der Waals surface area contributed by atoms with E-state index in [0.717, 1.165) is 26.2 Å². The third-order valence-electron chi connectivity index (χ3n) is 4.47. The molecule has 110 valence electrons. The number of hydrogen-bond donors (Lipinski definition) is 1. The molecule has 1 atom stereocenters. The Morgan fingerprint density at radius 2 is 2.15 bits per heavy atom. The van der Waals surface area contributed by atoms with Gasteiger partial charge in [0.1, 0.15) is 5.82 Å². The highest BCUT2D eigenvalue weighted by atomic mass is 15.2. The smallest absolute Gasteiger partial charge is 0.133 e. The van der Waals surface area contributed by atoms with Crippen LogP contribution in [0, 0.1) is 0 Å². The minimum atomic E-state index is 0.577. The summed E-state index contributed by atoms with van der Waals surface area (Å²) in [6.07, 6.45) is 5.78. The van der Waals surface area contributed by atoms with Crippen molar-refractivity contribution in [3.8, 4) is 0 Å². The van der Waals surface area contributed by atoms with Crippen LogP contribution in [0.4, 0.5) is 5.82 Å². The summed E-state index contributed by atoms with van der Waals surface area (Å²) in [6, 6.07) is 4.97. The number of hydrogen-bond acceptors (Lipinski definition) is 4. The van der Waals surface area contributed by atoms with Gasteiger partial charge in [0.05, 0.1) is 0 Å². The van der Waals surface area contributed by atoms with Crippen LogP contribution in [-0.2, 0) is 0 Å². The van der Waals surface area contributed by atoms with Gasteiger partial charge in [-0.05, 0) is 38.4 Å². The number of anilines is 1. The van der Waals surface area contributed by atoms with Crippen LogP contribution >= 0.6 is 0 Å². The molecule has 0 radical (unpaired) electrons.